The Bertz CT molecular complexity index is 983. The highest BCUT2D eigenvalue weighted by Gasteiger charge is 2.19. The van der Waals surface area contributed by atoms with Crippen LogP contribution in [0.1, 0.15) is 11.1 Å². The molecule has 0 bridgehead atoms. The number of carbonyl (C=O) groups excluding carboxylic acids is 1. The summed E-state index contributed by atoms with van der Waals surface area (Å²) >= 11 is 5.91. The Kier molecular flexibility index (Phi) is 6.29. The summed E-state index contributed by atoms with van der Waals surface area (Å²) in [6, 6.07) is 16.3. The molecular weight excluding hydrogens is 382 g/mol. The number of methoxy groups -OCH3 is 1. The number of ether oxygens (including phenoxy) is 2. The number of benzene rings is 2. The van der Waals surface area contributed by atoms with Crippen molar-refractivity contribution < 1.29 is 19.1 Å². The Morgan fingerprint density at radius 1 is 1.11 bits per heavy atom. The number of hydrogen-bond donors (Lipinski definition) is 0. The molecule has 0 saturated carbocycles. The lowest BCUT2D eigenvalue weighted by Gasteiger charge is -2.10. The Morgan fingerprint density at radius 2 is 1.86 bits per heavy atom. The minimum absolute atomic E-state index is 0.0656. The molecule has 8 heteroatoms. The van der Waals surface area contributed by atoms with Gasteiger partial charge < -0.3 is 14.3 Å². The minimum atomic E-state index is -0.596. The molecular formula is C20H18ClN3O4. The Morgan fingerprint density at radius 3 is 2.57 bits per heavy atom. The molecule has 2 aromatic carbocycles. The summed E-state index contributed by atoms with van der Waals surface area (Å²) in [6.45, 7) is 0.188. The second-order valence-corrected chi connectivity index (χ2v) is 6.07. The van der Waals surface area contributed by atoms with E-state index < -0.39 is 5.97 Å². The summed E-state index contributed by atoms with van der Waals surface area (Å²) in [5.74, 6) is -0.158. The molecule has 0 radical (unpaired) electrons. The first-order valence-corrected chi connectivity index (χ1v) is 8.72. The van der Waals surface area contributed by atoms with E-state index in [0.29, 0.717) is 16.5 Å². The molecule has 3 aromatic rings. The summed E-state index contributed by atoms with van der Waals surface area (Å²) in [5, 5.41) is 8.84. The van der Waals surface area contributed by atoms with Gasteiger partial charge in [0.15, 0.2) is 5.71 Å². The van der Waals surface area contributed by atoms with Gasteiger partial charge in [-0.3, -0.25) is 0 Å². The van der Waals surface area contributed by atoms with E-state index in [2.05, 4.69) is 10.3 Å². The number of halogens is 1. The predicted molar refractivity (Wildman–Crippen MR) is 105 cm³/mol. The number of carbonyl (C=O) groups is 1. The zero-order valence-electron chi connectivity index (χ0n) is 15.3. The van der Waals surface area contributed by atoms with Crippen LogP contribution < -0.4 is 4.74 Å². The molecule has 1 aromatic heterocycles. The third-order valence-electron chi connectivity index (χ3n) is 3.87. The maximum atomic E-state index is 12.0. The highest BCUT2D eigenvalue weighted by Crippen LogP contribution is 2.18. The third kappa shape index (κ3) is 4.50. The van der Waals surface area contributed by atoms with Gasteiger partial charge in [-0.2, -0.15) is 0 Å². The Balaban J connectivity index is 1.78. The van der Waals surface area contributed by atoms with Crippen molar-refractivity contribution in [1.82, 2.24) is 9.78 Å². The fourth-order valence-electron chi connectivity index (χ4n) is 2.54. The van der Waals surface area contributed by atoms with Gasteiger partial charge in [0.25, 0.3) is 0 Å². The molecule has 0 atom stereocenters. The summed E-state index contributed by atoms with van der Waals surface area (Å²) < 4.78 is 12.3. The van der Waals surface area contributed by atoms with Crippen molar-refractivity contribution in [1.29, 1.82) is 0 Å². The van der Waals surface area contributed by atoms with Gasteiger partial charge in [-0.1, -0.05) is 41.0 Å². The van der Waals surface area contributed by atoms with E-state index in [1.54, 1.807) is 41.2 Å². The van der Waals surface area contributed by atoms with Gasteiger partial charge in [0.2, 0.25) is 5.88 Å². The number of hydrogen-bond acceptors (Lipinski definition) is 6. The zero-order valence-corrected chi connectivity index (χ0v) is 16.1. The summed E-state index contributed by atoms with van der Waals surface area (Å²) in [5.41, 5.74) is 2.23. The van der Waals surface area contributed by atoms with Gasteiger partial charge in [0.05, 0.1) is 12.8 Å². The van der Waals surface area contributed by atoms with E-state index in [9.17, 15) is 4.79 Å². The highest BCUT2D eigenvalue weighted by atomic mass is 35.5. The largest absolute Gasteiger partial charge is 0.472 e. The van der Waals surface area contributed by atoms with Crippen LogP contribution in [-0.2, 0) is 21.0 Å². The molecule has 28 heavy (non-hydrogen) atoms. The first-order chi connectivity index (χ1) is 13.6. The lowest BCUT2D eigenvalue weighted by molar-refractivity contribution is -0.132. The summed E-state index contributed by atoms with van der Waals surface area (Å²) in [7, 11) is 2.65. The number of rotatable bonds is 7. The average Bonchev–Trinajstić information content (AvgIpc) is 3.20. The second kappa shape index (κ2) is 9.05. The van der Waals surface area contributed by atoms with Gasteiger partial charge >= 0.3 is 5.97 Å². The molecule has 0 unspecified atom stereocenters. The summed E-state index contributed by atoms with van der Waals surface area (Å²) in [6.07, 6.45) is 1.79. The van der Waals surface area contributed by atoms with Crippen molar-refractivity contribution in [3.63, 3.8) is 0 Å². The maximum Gasteiger partial charge on any atom is 0.360 e. The lowest BCUT2D eigenvalue weighted by Crippen LogP contribution is -2.19. The van der Waals surface area contributed by atoms with Gasteiger partial charge in [-0.25, -0.2) is 9.48 Å². The monoisotopic (exact) mass is 399 g/mol. The van der Waals surface area contributed by atoms with Crippen LogP contribution in [0.5, 0.6) is 5.88 Å². The molecule has 0 aliphatic heterocycles. The van der Waals surface area contributed by atoms with Crippen molar-refractivity contribution in [3.8, 4) is 11.6 Å². The maximum absolute atomic E-state index is 12.0. The number of oxime groups is 1. The number of aromatic nitrogens is 2. The molecule has 0 spiro atoms. The van der Waals surface area contributed by atoms with Crippen LogP contribution in [0, 0.1) is 0 Å². The first kappa shape index (κ1) is 19.4. The van der Waals surface area contributed by atoms with Crippen LogP contribution in [-0.4, -0.2) is 35.7 Å². The molecule has 144 valence electrons. The van der Waals surface area contributed by atoms with Gasteiger partial charge in [0.1, 0.15) is 13.7 Å². The van der Waals surface area contributed by atoms with E-state index in [1.807, 2.05) is 24.3 Å². The normalized spacial score (nSPS) is 11.2. The first-order valence-electron chi connectivity index (χ1n) is 8.34. The van der Waals surface area contributed by atoms with Crippen molar-refractivity contribution >= 4 is 23.3 Å². The topological polar surface area (TPSA) is 74.9 Å². The average molecular weight is 400 g/mol. The molecule has 0 fully saturated rings. The van der Waals surface area contributed by atoms with E-state index in [-0.39, 0.29) is 12.3 Å². The Labute approximate surface area is 167 Å². The van der Waals surface area contributed by atoms with Crippen LogP contribution in [0.25, 0.3) is 5.69 Å². The lowest BCUT2D eigenvalue weighted by atomic mass is 10.0. The zero-order chi connectivity index (χ0) is 19.9. The van der Waals surface area contributed by atoms with Crippen LogP contribution in [0.3, 0.4) is 0 Å². The van der Waals surface area contributed by atoms with Crippen molar-refractivity contribution in [2.24, 2.45) is 5.16 Å². The molecule has 0 amide bonds. The molecule has 0 aliphatic carbocycles. The number of nitrogens with zero attached hydrogens (tertiary/aromatic N) is 3. The molecule has 0 N–H and O–H groups in total. The van der Waals surface area contributed by atoms with Crippen molar-refractivity contribution in [2.45, 2.75) is 6.61 Å². The second-order valence-electron chi connectivity index (χ2n) is 5.63. The van der Waals surface area contributed by atoms with Crippen molar-refractivity contribution in [2.75, 3.05) is 14.2 Å². The van der Waals surface area contributed by atoms with Crippen LogP contribution in [0.4, 0.5) is 0 Å². The molecule has 1 heterocycles. The molecule has 7 nitrogen and oxygen atoms in total. The fourth-order valence-corrected chi connectivity index (χ4v) is 2.66. The minimum Gasteiger partial charge on any atom is -0.472 e. The quantitative estimate of drug-likeness (QED) is 0.344. The van der Waals surface area contributed by atoms with Crippen LogP contribution in [0.2, 0.25) is 5.02 Å². The molecule has 0 saturated heterocycles. The van der Waals surface area contributed by atoms with Gasteiger partial charge in [-0.15, -0.1) is 5.10 Å². The standard InChI is InChI=1S/C20H18ClN3O4/c1-26-20(25)19(23-27-2)17-6-4-3-5-14(17)13-28-18-11-12-24(22-18)16-9-7-15(21)8-10-16/h3-12H,13H2,1-2H3/b23-19+. The Hall–Kier alpha value is -3.32. The smallest absolute Gasteiger partial charge is 0.360 e. The SMILES string of the molecule is CO/N=C(/C(=O)OC)c1ccccc1COc1ccn(-c2ccc(Cl)cc2)n1. The van der Waals surface area contributed by atoms with Crippen LogP contribution in [0.15, 0.2) is 65.9 Å². The van der Waals surface area contributed by atoms with E-state index in [0.717, 1.165) is 11.3 Å². The number of esters is 1. The van der Waals surface area contributed by atoms with Gasteiger partial charge in [-0.05, 0) is 29.8 Å². The van der Waals surface area contributed by atoms with Crippen molar-refractivity contribution in [3.05, 3.63) is 76.9 Å². The van der Waals surface area contributed by atoms with E-state index >= 15 is 0 Å². The molecule has 3 rings (SSSR count). The van der Waals surface area contributed by atoms with E-state index in [1.165, 1.54) is 14.2 Å². The van der Waals surface area contributed by atoms with E-state index in [4.69, 9.17) is 25.9 Å². The molecule has 0 aliphatic rings. The van der Waals surface area contributed by atoms with Gasteiger partial charge in [0, 0.05) is 22.8 Å². The predicted octanol–water partition coefficient (Wildman–Crippen LogP) is 3.63. The fraction of sp³-hybridized carbons (Fsp3) is 0.150. The third-order valence-corrected chi connectivity index (χ3v) is 4.12. The summed E-state index contributed by atoms with van der Waals surface area (Å²) in [4.78, 5) is 16.8. The highest BCUT2D eigenvalue weighted by molar-refractivity contribution is 6.43. The van der Waals surface area contributed by atoms with Crippen LogP contribution >= 0.6 is 11.6 Å².